The smallest absolute Gasteiger partial charge is 0.329 e. The number of hydrogen-bond acceptors (Lipinski definition) is 3. The minimum absolute atomic E-state index is 0.434. The maximum absolute atomic E-state index is 5.68. The molecule has 0 saturated heterocycles. The summed E-state index contributed by atoms with van der Waals surface area (Å²) in [5.74, 6) is 0.613. The van der Waals surface area contributed by atoms with Crippen LogP contribution >= 0.6 is 11.3 Å². The van der Waals surface area contributed by atoms with Crippen LogP contribution in [0.3, 0.4) is 0 Å². The summed E-state index contributed by atoms with van der Waals surface area (Å²) < 4.78 is 5.41. The largest absolute Gasteiger partial charge is 0.381 e. The van der Waals surface area contributed by atoms with Gasteiger partial charge in [0.1, 0.15) is 5.69 Å². The molecule has 1 saturated carbocycles. The maximum atomic E-state index is 5.68. The lowest BCUT2D eigenvalue weighted by atomic mass is 9.85. The van der Waals surface area contributed by atoms with Crippen molar-refractivity contribution >= 4 is 16.5 Å². The monoisotopic (exact) mass is 213 g/mol. The van der Waals surface area contributed by atoms with Crippen LogP contribution in [0.1, 0.15) is 37.3 Å². The van der Waals surface area contributed by atoms with Crippen LogP contribution in [-0.2, 0) is 4.74 Å². The van der Waals surface area contributed by atoms with Crippen molar-refractivity contribution < 1.29 is 9.72 Å². The van der Waals surface area contributed by atoms with Crippen molar-refractivity contribution in [3.05, 3.63) is 11.1 Å². The fourth-order valence-corrected chi connectivity index (χ4v) is 2.85. The van der Waals surface area contributed by atoms with Gasteiger partial charge in [-0.25, -0.2) is 4.98 Å². The Bertz CT molecular complexity index is 300. The van der Waals surface area contributed by atoms with Gasteiger partial charge in [0.15, 0.2) is 0 Å². The number of anilines is 1. The fourth-order valence-electron chi connectivity index (χ4n) is 2.17. The average molecular weight is 213 g/mol. The van der Waals surface area contributed by atoms with E-state index < -0.39 is 0 Å². The second-order valence-electron chi connectivity index (χ2n) is 3.90. The number of H-pyrrole nitrogens is 1. The highest BCUT2D eigenvalue weighted by Gasteiger charge is 2.25. The third-order valence-corrected chi connectivity index (χ3v) is 3.71. The molecule has 3 nitrogen and oxygen atoms in total. The first-order valence-corrected chi connectivity index (χ1v) is 5.96. The highest BCUT2D eigenvalue weighted by molar-refractivity contribution is 7.13. The quantitative estimate of drug-likeness (QED) is 0.814. The molecule has 2 unspecified atom stereocenters. The molecule has 1 aliphatic rings. The van der Waals surface area contributed by atoms with Crippen LogP contribution in [-0.4, -0.2) is 13.2 Å². The van der Waals surface area contributed by atoms with Gasteiger partial charge in [-0.2, -0.15) is 0 Å². The summed E-state index contributed by atoms with van der Waals surface area (Å²) in [6.07, 6.45) is 5.28. The van der Waals surface area contributed by atoms with Crippen molar-refractivity contribution in [3.63, 3.8) is 0 Å². The molecule has 0 bridgehead atoms. The topological polar surface area (TPSA) is 49.4 Å². The van der Waals surface area contributed by atoms with Crippen LogP contribution in [0.2, 0.25) is 0 Å². The maximum Gasteiger partial charge on any atom is 0.329 e. The minimum atomic E-state index is 0.434. The zero-order chi connectivity index (χ0) is 9.97. The first kappa shape index (κ1) is 9.93. The molecule has 2 rings (SSSR count). The van der Waals surface area contributed by atoms with Crippen molar-refractivity contribution in [2.45, 2.75) is 37.7 Å². The predicted molar refractivity (Wildman–Crippen MR) is 57.3 cm³/mol. The molecule has 0 spiro atoms. The number of hydrogen-bond donors (Lipinski definition) is 1. The van der Waals surface area contributed by atoms with Gasteiger partial charge < -0.3 is 4.74 Å². The number of aromatic nitrogens is 1. The second kappa shape index (κ2) is 4.28. The molecule has 0 radical (unpaired) electrons. The van der Waals surface area contributed by atoms with Gasteiger partial charge in [-0.05, 0) is 19.3 Å². The Morgan fingerprint density at radius 1 is 1.57 bits per heavy atom. The number of rotatable bonds is 2. The summed E-state index contributed by atoms with van der Waals surface area (Å²) >= 11 is 1.59. The highest BCUT2D eigenvalue weighted by Crippen LogP contribution is 2.33. The molecule has 1 fully saturated rings. The van der Waals surface area contributed by atoms with Crippen molar-refractivity contribution in [1.82, 2.24) is 0 Å². The van der Waals surface area contributed by atoms with E-state index in [0.717, 1.165) is 11.6 Å². The highest BCUT2D eigenvalue weighted by atomic mass is 32.1. The normalized spacial score (nSPS) is 27.8. The second-order valence-corrected chi connectivity index (χ2v) is 4.81. The lowest BCUT2D eigenvalue weighted by molar-refractivity contribution is -0.370. The summed E-state index contributed by atoms with van der Waals surface area (Å²) in [5.41, 5.74) is 6.97. The Balaban J connectivity index is 2.04. The van der Waals surface area contributed by atoms with Gasteiger partial charge in [0, 0.05) is 18.4 Å². The van der Waals surface area contributed by atoms with E-state index in [2.05, 4.69) is 10.4 Å². The average Bonchev–Trinajstić information content (AvgIpc) is 2.65. The van der Waals surface area contributed by atoms with E-state index in [1.165, 1.54) is 25.0 Å². The number of nitrogens with two attached hydrogens (primary N) is 1. The Morgan fingerprint density at radius 3 is 3.07 bits per heavy atom. The zero-order valence-electron chi connectivity index (χ0n) is 8.45. The Morgan fingerprint density at radius 2 is 2.43 bits per heavy atom. The van der Waals surface area contributed by atoms with Crippen molar-refractivity contribution in [2.24, 2.45) is 0 Å². The Hall–Kier alpha value is -0.610. The summed E-state index contributed by atoms with van der Waals surface area (Å²) in [7, 11) is 1.80. The van der Waals surface area contributed by atoms with Gasteiger partial charge in [0.25, 0.3) is 0 Å². The standard InChI is InChI=1S/C10H16N2OS/c1-13-8-4-2-3-7(5-8)9-6-14-10(11)12-9/h6-8H,2-5H2,1H3,(H2,11,12)/p+1. The molecular formula is C10H17N2OS+. The molecule has 14 heavy (non-hydrogen) atoms. The number of ether oxygens (including phenoxy) is 1. The van der Waals surface area contributed by atoms with E-state index in [-0.39, 0.29) is 0 Å². The van der Waals surface area contributed by atoms with E-state index in [9.17, 15) is 0 Å². The molecule has 2 atom stereocenters. The molecule has 0 aliphatic heterocycles. The van der Waals surface area contributed by atoms with Crippen molar-refractivity contribution in [3.8, 4) is 0 Å². The van der Waals surface area contributed by atoms with Gasteiger partial charge in [0.05, 0.1) is 6.10 Å². The number of thiazole rings is 1. The molecule has 1 aromatic rings. The lowest BCUT2D eigenvalue weighted by Crippen LogP contribution is -2.24. The first-order valence-electron chi connectivity index (χ1n) is 5.08. The van der Waals surface area contributed by atoms with E-state index in [1.807, 2.05) is 0 Å². The van der Waals surface area contributed by atoms with E-state index >= 15 is 0 Å². The molecule has 4 heteroatoms. The minimum Gasteiger partial charge on any atom is -0.381 e. The fraction of sp³-hybridized carbons (Fsp3) is 0.700. The molecule has 3 N–H and O–H groups in total. The number of methoxy groups -OCH3 is 1. The third-order valence-electron chi connectivity index (χ3n) is 2.98. The number of nitrogens with one attached hydrogen (secondary N) is 1. The molecule has 1 aromatic heterocycles. The molecule has 0 aromatic carbocycles. The summed E-state index contributed by atoms with van der Waals surface area (Å²) in [6, 6.07) is 0. The number of aromatic amines is 1. The Labute approximate surface area is 88.3 Å². The molecule has 78 valence electrons. The lowest BCUT2D eigenvalue weighted by Gasteiger charge is -2.26. The summed E-state index contributed by atoms with van der Waals surface area (Å²) in [6.45, 7) is 0. The SMILES string of the molecule is COC1CCCC(c2csc(N)[nH+]2)C1. The third kappa shape index (κ3) is 2.07. The Kier molecular flexibility index (Phi) is 3.03. The van der Waals surface area contributed by atoms with E-state index in [4.69, 9.17) is 10.5 Å². The van der Waals surface area contributed by atoms with E-state index in [1.54, 1.807) is 18.4 Å². The van der Waals surface area contributed by atoms with Gasteiger partial charge >= 0.3 is 5.13 Å². The first-order chi connectivity index (χ1) is 6.79. The van der Waals surface area contributed by atoms with Gasteiger partial charge in [-0.1, -0.05) is 17.8 Å². The molecular weight excluding hydrogens is 196 g/mol. The number of nitrogen functional groups attached to an aromatic ring is 1. The van der Waals surface area contributed by atoms with Gasteiger partial charge in [-0.3, -0.25) is 5.73 Å². The van der Waals surface area contributed by atoms with Crippen LogP contribution in [0.15, 0.2) is 5.38 Å². The molecule has 0 amide bonds. The van der Waals surface area contributed by atoms with Crippen LogP contribution in [0, 0.1) is 0 Å². The van der Waals surface area contributed by atoms with Gasteiger partial charge in [0.2, 0.25) is 0 Å². The summed E-state index contributed by atoms with van der Waals surface area (Å²) in [4.78, 5) is 3.23. The van der Waals surface area contributed by atoms with Crippen LogP contribution in [0.5, 0.6) is 0 Å². The molecule has 1 aliphatic carbocycles. The molecule has 1 heterocycles. The summed E-state index contributed by atoms with van der Waals surface area (Å²) in [5, 5.41) is 2.94. The van der Waals surface area contributed by atoms with Crippen molar-refractivity contribution in [2.75, 3.05) is 12.8 Å². The van der Waals surface area contributed by atoms with Crippen LogP contribution in [0.25, 0.3) is 0 Å². The van der Waals surface area contributed by atoms with E-state index in [0.29, 0.717) is 12.0 Å². The predicted octanol–water partition coefficient (Wildman–Crippen LogP) is 1.82. The zero-order valence-corrected chi connectivity index (χ0v) is 9.27. The van der Waals surface area contributed by atoms with Gasteiger partial charge in [-0.15, -0.1) is 0 Å². The van der Waals surface area contributed by atoms with Crippen molar-refractivity contribution in [1.29, 1.82) is 0 Å². The van der Waals surface area contributed by atoms with Crippen LogP contribution in [0.4, 0.5) is 5.13 Å². The van der Waals surface area contributed by atoms with Crippen LogP contribution < -0.4 is 10.7 Å².